The van der Waals surface area contributed by atoms with Crippen molar-refractivity contribution in [2.45, 2.75) is 6.54 Å². The van der Waals surface area contributed by atoms with Crippen molar-refractivity contribution in [1.29, 1.82) is 0 Å². The third-order valence-corrected chi connectivity index (χ3v) is 3.94. The van der Waals surface area contributed by atoms with Crippen molar-refractivity contribution in [2.75, 3.05) is 14.2 Å². The van der Waals surface area contributed by atoms with Crippen molar-refractivity contribution in [1.82, 2.24) is 19.7 Å². The summed E-state index contributed by atoms with van der Waals surface area (Å²) < 4.78 is 6.30. The van der Waals surface area contributed by atoms with Gasteiger partial charge in [-0.1, -0.05) is 12.1 Å². The molecule has 0 radical (unpaired) electrons. The van der Waals surface area contributed by atoms with E-state index in [0.29, 0.717) is 17.7 Å². The third kappa shape index (κ3) is 3.77. The van der Waals surface area contributed by atoms with Gasteiger partial charge in [0.25, 0.3) is 5.91 Å². The Bertz CT molecular complexity index is 888. The van der Waals surface area contributed by atoms with Gasteiger partial charge in [0.15, 0.2) is 0 Å². The fourth-order valence-electron chi connectivity index (χ4n) is 2.53. The number of aromatic nitrogens is 3. The average Bonchev–Trinajstić information content (AvgIpc) is 3.22. The summed E-state index contributed by atoms with van der Waals surface area (Å²) in [6.07, 6.45) is 3.05. The van der Waals surface area contributed by atoms with Crippen LogP contribution in [0.4, 0.5) is 0 Å². The van der Waals surface area contributed by atoms with E-state index in [4.69, 9.17) is 0 Å². The van der Waals surface area contributed by atoms with Crippen LogP contribution >= 0.6 is 0 Å². The molecule has 0 saturated carbocycles. The fraction of sp³-hybridized carbons (Fsp3) is 0.158. The normalized spacial score (nSPS) is 10.4. The van der Waals surface area contributed by atoms with Crippen molar-refractivity contribution >= 4 is 11.9 Å². The molecule has 1 aromatic heterocycles. The molecule has 7 nitrogen and oxygen atoms in total. The molecule has 1 heterocycles. The summed E-state index contributed by atoms with van der Waals surface area (Å²) in [5, 5.41) is 4.05. The van der Waals surface area contributed by atoms with E-state index in [0.717, 1.165) is 11.3 Å². The summed E-state index contributed by atoms with van der Waals surface area (Å²) in [6, 6.07) is 14.2. The molecule has 132 valence electrons. The first kappa shape index (κ1) is 17.3. The molecule has 0 bridgehead atoms. The van der Waals surface area contributed by atoms with Gasteiger partial charge < -0.3 is 9.64 Å². The molecule has 3 rings (SSSR count). The van der Waals surface area contributed by atoms with E-state index in [-0.39, 0.29) is 11.9 Å². The van der Waals surface area contributed by atoms with Crippen molar-refractivity contribution in [3.05, 3.63) is 77.9 Å². The van der Waals surface area contributed by atoms with Crippen LogP contribution in [0.3, 0.4) is 0 Å². The highest BCUT2D eigenvalue weighted by Crippen LogP contribution is 2.13. The van der Waals surface area contributed by atoms with E-state index in [9.17, 15) is 9.59 Å². The van der Waals surface area contributed by atoms with Crippen LogP contribution in [0, 0.1) is 0 Å². The molecular formula is C19H18N4O3. The third-order valence-electron chi connectivity index (χ3n) is 3.94. The van der Waals surface area contributed by atoms with Crippen LogP contribution in [0.25, 0.3) is 5.69 Å². The molecule has 0 aliphatic carbocycles. The molecule has 7 heteroatoms. The molecule has 1 amide bonds. The van der Waals surface area contributed by atoms with Gasteiger partial charge in [-0.3, -0.25) is 4.79 Å². The molecule has 3 aromatic rings. The number of benzene rings is 2. The first-order valence-corrected chi connectivity index (χ1v) is 7.96. The van der Waals surface area contributed by atoms with Gasteiger partial charge in [0.05, 0.1) is 18.4 Å². The Hall–Kier alpha value is -3.48. The summed E-state index contributed by atoms with van der Waals surface area (Å²) in [5.74, 6) is -0.472. The summed E-state index contributed by atoms with van der Waals surface area (Å²) >= 11 is 0. The van der Waals surface area contributed by atoms with E-state index >= 15 is 0 Å². The number of rotatable bonds is 5. The Morgan fingerprint density at radius 3 is 2.27 bits per heavy atom. The molecule has 0 unspecified atom stereocenters. The van der Waals surface area contributed by atoms with Gasteiger partial charge >= 0.3 is 5.97 Å². The zero-order valence-corrected chi connectivity index (χ0v) is 14.5. The van der Waals surface area contributed by atoms with Crippen LogP contribution in [0.1, 0.15) is 26.3 Å². The Kier molecular flexibility index (Phi) is 5.07. The predicted molar refractivity (Wildman–Crippen MR) is 94.9 cm³/mol. The van der Waals surface area contributed by atoms with Gasteiger partial charge in [-0.2, -0.15) is 5.10 Å². The number of amides is 1. The molecular weight excluding hydrogens is 332 g/mol. The van der Waals surface area contributed by atoms with Gasteiger partial charge in [0.1, 0.15) is 12.7 Å². The van der Waals surface area contributed by atoms with Crippen LogP contribution < -0.4 is 0 Å². The maximum Gasteiger partial charge on any atom is 0.337 e. The van der Waals surface area contributed by atoms with Gasteiger partial charge in [0, 0.05) is 19.2 Å². The van der Waals surface area contributed by atoms with Crippen molar-refractivity contribution in [3.8, 4) is 5.69 Å². The minimum absolute atomic E-state index is 0.0906. The number of hydrogen-bond donors (Lipinski definition) is 0. The highest BCUT2D eigenvalue weighted by molar-refractivity contribution is 5.94. The fourth-order valence-corrected chi connectivity index (χ4v) is 2.53. The largest absolute Gasteiger partial charge is 0.465 e. The lowest BCUT2D eigenvalue weighted by Gasteiger charge is -2.17. The summed E-state index contributed by atoms with van der Waals surface area (Å²) in [4.78, 5) is 29.6. The topological polar surface area (TPSA) is 77.3 Å². The molecule has 0 spiro atoms. The van der Waals surface area contributed by atoms with E-state index in [2.05, 4.69) is 14.8 Å². The Balaban J connectivity index is 1.66. The van der Waals surface area contributed by atoms with Crippen LogP contribution in [0.2, 0.25) is 0 Å². The SMILES string of the molecule is COC(=O)c1ccc(CN(C)C(=O)c2ccc(-n3cncn3)cc2)cc1. The minimum atomic E-state index is -0.381. The molecule has 0 aliphatic rings. The second kappa shape index (κ2) is 7.60. The van der Waals surface area contributed by atoms with E-state index < -0.39 is 0 Å². The molecule has 0 saturated heterocycles. The maximum absolute atomic E-state index is 12.6. The minimum Gasteiger partial charge on any atom is -0.465 e. The van der Waals surface area contributed by atoms with Crippen LogP contribution in [0.5, 0.6) is 0 Å². The quantitative estimate of drug-likeness (QED) is 0.660. The number of methoxy groups -OCH3 is 1. The monoisotopic (exact) mass is 350 g/mol. The van der Waals surface area contributed by atoms with Gasteiger partial charge in [-0.05, 0) is 42.0 Å². The lowest BCUT2D eigenvalue weighted by Crippen LogP contribution is -2.26. The number of ether oxygens (including phenoxy) is 1. The highest BCUT2D eigenvalue weighted by atomic mass is 16.5. The van der Waals surface area contributed by atoms with Gasteiger partial charge in [0.2, 0.25) is 0 Å². The zero-order chi connectivity index (χ0) is 18.5. The van der Waals surface area contributed by atoms with E-state index in [1.165, 1.54) is 13.4 Å². The first-order valence-electron chi connectivity index (χ1n) is 7.96. The number of esters is 1. The predicted octanol–water partition coefficient (Wildman–Crippen LogP) is 2.33. The van der Waals surface area contributed by atoms with Crippen molar-refractivity contribution in [3.63, 3.8) is 0 Å². The molecule has 0 aliphatic heterocycles. The number of nitrogens with zero attached hydrogens (tertiary/aromatic N) is 4. The van der Waals surface area contributed by atoms with E-state index in [1.54, 1.807) is 47.2 Å². The lowest BCUT2D eigenvalue weighted by molar-refractivity contribution is 0.0600. The Morgan fingerprint density at radius 1 is 1.04 bits per heavy atom. The summed E-state index contributed by atoms with van der Waals surface area (Å²) in [7, 11) is 3.08. The molecule has 26 heavy (non-hydrogen) atoms. The van der Waals surface area contributed by atoms with Crippen molar-refractivity contribution < 1.29 is 14.3 Å². The van der Waals surface area contributed by atoms with Gasteiger partial charge in [-0.15, -0.1) is 0 Å². The van der Waals surface area contributed by atoms with E-state index in [1.807, 2.05) is 24.3 Å². The first-order chi connectivity index (χ1) is 12.6. The Morgan fingerprint density at radius 2 is 1.69 bits per heavy atom. The zero-order valence-electron chi connectivity index (χ0n) is 14.5. The molecule has 0 fully saturated rings. The average molecular weight is 350 g/mol. The molecule has 2 aromatic carbocycles. The number of carbonyl (C=O) groups is 2. The molecule has 0 N–H and O–H groups in total. The maximum atomic E-state index is 12.6. The van der Waals surface area contributed by atoms with Crippen molar-refractivity contribution in [2.24, 2.45) is 0 Å². The smallest absolute Gasteiger partial charge is 0.337 e. The summed E-state index contributed by atoms with van der Waals surface area (Å²) in [6.45, 7) is 0.436. The second-order valence-corrected chi connectivity index (χ2v) is 5.74. The highest BCUT2D eigenvalue weighted by Gasteiger charge is 2.13. The summed E-state index contributed by atoms with van der Waals surface area (Å²) in [5.41, 5.74) is 2.82. The van der Waals surface area contributed by atoms with Crippen LogP contribution in [0.15, 0.2) is 61.2 Å². The second-order valence-electron chi connectivity index (χ2n) is 5.74. The molecule has 0 atom stereocenters. The van der Waals surface area contributed by atoms with Crippen LogP contribution in [-0.2, 0) is 11.3 Å². The Labute approximate surface area is 150 Å². The van der Waals surface area contributed by atoms with Gasteiger partial charge in [-0.25, -0.2) is 14.5 Å². The lowest BCUT2D eigenvalue weighted by atomic mass is 10.1. The standard InChI is InChI=1S/C19H18N4O3/c1-22(11-14-3-5-16(6-4-14)19(25)26-2)18(24)15-7-9-17(10-8-15)23-13-20-12-21-23/h3-10,12-13H,11H2,1-2H3. The number of hydrogen-bond acceptors (Lipinski definition) is 5. The number of carbonyl (C=O) groups excluding carboxylic acids is 2. The van der Waals surface area contributed by atoms with Crippen LogP contribution in [-0.4, -0.2) is 45.7 Å².